The highest BCUT2D eigenvalue weighted by atomic mass is 32.2. The van der Waals surface area contributed by atoms with Crippen LogP contribution in [0.5, 0.6) is 5.75 Å². The molecule has 5 heteroatoms. The molecule has 2 aromatic carbocycles. The van der Waals surface area contributed by atoms with Crippen LogP contribution in [0.4, 0.5) is 0 Å². The molecule has 0 aromatic heterocycles. The summed E-state index contributed by atoms with van der Waals surface area (Å²) in [4.78, 5) is 25.8. The van der Waals surface area contributed by atoms with Crippen molar-refractivity contribution in [2.45, 2.75) is 13.3 Å². The number of aryl methyl sites for hydroxylation is 1. The quantitative estimate of drug-likeness (QED) is 0.534. The predicted molar refractivity (Wildman–Crippen MR) is 100 cm³/mol. The molecule has 1 aliphatic rings. The molecule has 1 aliphatic heterocycles. The molecular weight excluding hydrogens is 334 g/mol. The van der Waals surface area contributed by atoms with Gasteiger partial charge < -0.3 is 4.74 Å². The lowest BCUT2D eigenvalue weighted by Crippen LogP contribution is -2.31. The Labute approximate surface area is 152 Å². The molecule has 0 radical (unpaired) electrons. The second kappa shape index (κ2) is 8.21. The summed E-state index contributed by atoms with van der Waals surface area (Å²) >= 11 is 1.77. The third-order valence-corrected chi connectivity index (χ3v) is 5.16. The molecule has 0 fully saturated rings. The summed E-state index contributed by atoms with van der Waals surface area (Å²) in [5, 5.41) is 0. The minimum atomic E-state index is -0.173. The highest BCUT2D eigenvalue weighted by Crippen LogP contribution is 2.22. The maximum absolute atomic E-state index is 12.2. The van der Waals surface area contributed by atoms with Crippen LogP contribution in [0.25, 0.3) is 0 Å². The van der Waals surface area contributed by atoms with Crippen LogP contribution < -0.4 is 4.74 Å². The molecule has 0 atom stereocenters. The van der Waals surface area contributed by atoms with Crippen LogP contribution >= 0.6 is 11.8 Å². The van der Waals surface area contributed by atoms with Gasteiger partial charge in [-0.1, -0.05) is 30.3 Å². The van der Waals surface area contributed by atoms with Crippen molar-refractivity contribution >= 4 is 23.6 Å². The molecule has 25 heavy (non-hydrogen) atoms. The summed E-state index contributed by atoms with van der Waals surface area (Å²) in [5.41, 5.74) is 2.18. The van der Waals surface area contributed by atoms with Crippen molar-refractivity contribution in [2.24, 2.45) is 0 Å². The molecule has 1 heterocycles. The van der Waals surface area contributed by atoms with Gasteiger partial charge in [0, 0.05) is 12.3 Å². The van der Waals surface area contributed by atoms with Crippen LogP contribution in [-0.4, -0.2) is 41.4 Å². The first-order valence-electron chi connectivity index (χ1n) is 8.40. The van der Waals surface area contributed by atoms with Crippen LogP contribution in [0.3, 0.4) is 0 Å². The summed E-state index contributed by atoms with van der Waals surface area (Å²) < 4.78 is 5.75. The number of ether oxygens (including phenoxy) is 1. The van der Waals surface area contributed by atoms with Gasteiger partial charge in [-0.15, -0.1) is 0 Å². The largest absolute Gasteiger partial charge is 0.492 e. The first-order chi connectivity index (χ1) is 12.2. The lowest BCUT2D eigenvalue weighted by Gasteiger charge is -2.13. The highest BCUT2D eigenvalue weighted by molar-refractivity contribution is 7.99. The third-order valence-electron chi connectivity index (χ3n) is 4.13. The van der Waals surface area contributed by atoms with Gasteiger partial charge in [0.05, 0.1) is 17.7 Å². The zero-order chi connectivity index (χ0) is 17.6. The summed E-state index contributed by atoms with van der Waals surface area (Å²) in [6.45, 7) is 3.16. The number of hydrogen-bond acceptors (Lipinski definition) is 4. The number of para-hydroxylation sites is 1. The van der Waals surface area contributed by atoms with E-state index >= 15 is 0 Å². The van der Waals surface area contributed by atoms with E-state index in [1.54, 1.807) is 36.0 Å². The van der Waals surface area contributed by atoms with Crippen molar-refractivity contribution in [3.05, 3.63) is 65.2 Å². The van der Waals surface area contributed by atoms with Crippen LogP contribution in [0.15, 0.2) is 48.5 Å². The lowest BCUT2D eigenvalue weighted by atomic mass is 10.1. The second-order valence-electron chi connectivity index (χ2n) is 5.89. The van der Waals surface area contributed by atoms with Crippen molar-refractivity contribution in [1.29, 1.82) is 0 Å². The molecule has 130 valence electrons. The summed E-state index contributed by atoms with van der Waals surface area (Å²) in [5.74, 6) is 2.36. The van der Waals surface area contributed by atoms with Crippen molar-refractivity contribution in [3.8, 4) is 5.75 Å². The molecule has 4 nitrogen and oxygen atoms in total. The Bertz CT molecular complexity index is 740. The van der Waals surface area contributed by atoms with Crippen LogP contribution in [0.2, 0.25) is 0 Å². The Balaban J connectivity index is 1.35. The number of imide groups is 1. The minimum absolute atomic E-state index is 0.173. The maximum Gasteiger partial charge on any atom is 0.261 e. The average molecular weight is 355 g/mol. The van der Waals surface area contributed by atoms with Crippen molar-refractivity contribution in [1.82, 2.24) is 4.90 Å². The number of hydrogen-bond donors (Lipinski definition) is 0. The van der Waals surface area contributed by atoms with Gasteiger partial charge in [0.2, 0.25) is 0 Å². The molecule has 3 rings (SSSR count). The molecule has 0 N–H and O–H groups in total. The van der Waals surface area contributed by atoms with Gasteiger partial charge in [0.25, 0.3) is 11.8 Å². The van der Waals surface area contributed by atoms with Crippen LogP contribution in [0, 0.1) is 6.92 Å². The first kappa shape index (κ1) is 17.5. The number of rotatable bonds is 8. The third kappa shape index (κ3) is 4.04. The van der Waals surface area contributed by atoms with E-state index in [2.05, 4.69) is 0 Å². The standard InChI is InChI=1S/C20H21NO3S/c1-15-7-2-5-10-18(15)24-12-14-25-13-6-11-21-19(22)16-8-3-4-9-17(16)20(21)23/h2-5,7-10H,6,11-14H2,1H3. The van der Waals surface area contributed by atoms with Crippen molar-refractivity contribution in [3.63, 3.8) is 0 Å². The van der Waals surface area contributed by atoms with Crippen LogP contribution in [-0.2, 0) is 0 Å². The number of nitrogens with zero attached hydrogens (tertiary/aromatic N) is 1. The molecule has 0 spiro atoms. The van der Waals surface area contributed by atoms with Crippen LogP contribution in [0.1, 0.15) is 32.7 Å². The number of amides is 2. The zero-order valence-corrected chi connectivity index (χ0v) is 15.1. The van der Waals surface area contributed by atoms with E-state index in [1.807, 2.05) is 31.2 Å². The molecule has 2 aromatic rings. The van der Waals surface area contributed by atoms with Gasteiger partial charge in [-0.2, -0.15) is 11.8 Å². The number of fused-ring (bicyclic) bond motifs is 1. The Kier molecular flexibility index (Phi) is 5.76. The Morgan fingerprint density at radius 1 is 0.920 bits per heavy atom. The topological polar surface area (TPSA) is 46.6 Å². The number of carbonyl (C=O) groups is 2. The zero-order valence-electron chi connectivity index (χ0n) is 14.2. The maximum atomic E-state index is 12.2. The molecule has 2 amide bonds. The number of benzene rings is 2. The van der Waals surface area contributed by atoms with Gasteiger partial charge in [-0.05, 0) is 42.9 Å². The Hall–Kier alpha value is -2.27. The van der Waals surface area contributed by atoms with E-state index in [4.69, 9.17) is 4.74 Å². The van der Waals surface area contributed by atoms with E-state index < -0.39 is 0 Å². The first-order valence-corrected chi connectivity index (χ1v) is 9.55. The fourth-order valence-electron chi connectivity index (χ4n) is 2.80. The average Bonchev–Trinajstić information content (AvgIpc) is 2.87. The van der Waals surface area contributed by atoms with E-state index in [1.165, 1.54) is 4.90 Å². The van der Waals surface area contributed by atoms with Gasteiger partial charge in [0.1, 0.15) is 5.75 Å². The smallest absolute Gasteiger partial charge is 0.261 e. The molecule has 0 saturated heterocycles. The molecular formula is C20H21NO3S. The van der Waals surface area contributed by atoms with Gasteiger partial charge in [0.15, 0.2) is 0 Å². The molecule has 0 saturated carbocycles. The summed E-state index contributed by atoms with van der Waals surface area (Å²) in [6, 6.07) is 15.0. The fourth-order valence-corrected chi connectivity index (χ4v) is 3.54. The highest BCUT2D eigenvalue weighted by Gasteiger charge is 2.34. The number of carbonyl (C=O) groups excluding carboxylic acids is 2. The fraction of sp³-hybridized carbons (Fsp3) is 0.300. The Morgan fingerprint density at radius 2 is 1.56 bits per heavy atom. The molecule has 0 bridgehead atoms. The van der Waals surface area contributed by atoms with Crippen molar-refractivity contribution < 1.29 is 14.3 Å². The molecule has 0 unspecified atom stereocenters. The van der Waals surface area contributed by atoms with Gasteiger partial charge >= 0.3 is 0 Å². The minimum Gasteiger partial charge on any atom is -0.492 e. The van der Waals surface area contributed by atoms with Crippen molar-refractivity contribution in [2.75, 3.05) is 24.7 Å². The summed E-state index contributed by atoms with van der Waals surface area (Å²) in [6.07, 6.45) is 0.792. The van der Waals surface area contributed by atoms with E-state index in [0.717, 1.165) is 29.2 Å². The van der Waals surface area contributed by atoms with E-state index in [0.29, 0.717) is 24.3 Å². The summed E-state index contributed by atoms with van der Waals surface area (Å²) in [7, 11) is 0. The van der Waals surface area contributed by atoms with Gasteiger partial charge in [-0.3, -0.25) is 14.5 Å². The monoisotopic (exact) mass is 355 g/mol. The van der Waals surface area contributed by atoms with Gasteiger partial charge in [-0.25, -0.2) is 0 Å². The second-order valence-corrected chi connectivity index (χ2v) is 7.11. The normalized spacial score (nSPS) is 13.2. The van der Waals surface area contributed by atoms with E-state index in [-0.39, 0.29) is 11.8 Å². The predicted octanol–water partition coefficient (Wildman–Crippen LogP) is 3.79. The van der Waals surface area contributed by atoms with E-state index in [9.17, 15) is 9.59 Å². The molecule has 0 aliphatic carbocycles. The number of thioether (sulfide) groups is 1. The SMILES string of the molecule is Cc1ccccc1OCCSCCCN1C(=O)c2ccccc2C1=O. The lowest BCUT2D eigenvalue weighted by molar-refractivity contribution is 0.0655. The Morgan fingerprint density at radius 3 is 2.24 bits per heavy atom.